The van der Waals surface area contributed by atoms with Gasteiger partial charge in [-0.1, -0.05) is 30.3 Å². The zero-order chi connectivity index (χ0) is 12.5. The molecule has 0 bridgehead atoms. The highest BCUT2D eigenvalue weighted by Gasteiger charge is 2.41. The average Bonchev–Trinajstić information content (AvgIpc) is 2.93. The van der Waals surface area contributed by atoms with Crippen molar-refractivity contribution in [3.8, 4) is 0 Å². The van der Waals surface area contributed by atoms with Crippen LogP contribution in [0.25, 0.3) is 0 Å². The number of β-amino-alcohol motifs (C(OH)–C–C–N with tert-alkyl or cyclic N) is 1. The predicted octanol–water partition coefficient (Wildman–Crippen LogP) is 1.42. The molecule has 18 heavy (non-hydrogen) atoms. The highest BCUT2D eigenvalue weighted by Crippen LogP contribution is 2.38. The van der Waals surface area contributed by atoms with Crippen molar-refractivity contribution in [3.63, 3.8) is 0 Å². The van der Waals surface area contributed by atoms with E-state index in [0.29, 0.717) is 18.4 Å². The average molecular weight is 247 g/mol. The van der Waals surface area contributed by atoms with E-state index in [4.69, 9.17) is 0 Å². The van der Waals surface area contributed by atoms with E-state index < -0.39 is 6.10 Å². The summed E-state index contributed by atoms with van der Waals surface area (Å²) in [5.41, 5.74) is 0.982. The summed E-state index contributed by atoms with van der Waals surface area (Å²) in [6, 6.07) is 9.82. The van der Waals surface area contributed by atoms with Gasteiger partial charge in [-0.2, -0.15) is 0 Å². The van der Waals surface area contributed by atoms with Gasteiger partial charge in [0.2, 0.25) is 0 Å². The van der Waals surface area contributed by atoms with Gasteiger partial charge in [-0.05, 0) is 24.3 Å². The fourth-order valence-electron chi connectivity index (χ4n) is 3.50. The SMILES string of the molecule is OC(CN1CC2CCC(O)C2C1)c1ccccc1. The number of hydrogen-bond donors (Lipinski definition) is 2. The first-order valence-corrected chi connectivity index (χ1v) is 6.87. The fourth-order valence-corrected chi connectivity index (χ4v) is 3.50. The zero-order valence-electron chi connectivity index (χ0n) is 10.6. The molecule has 1 aromatic carbocycles. The number of likely N-dealkylation sites (tertiary alicyclic amines) is 1. The van der Waals surface area contributed by atoms with Gasteiger partial charge < -0.3 is 10.2 Å². The third-order valence-corrected chi connectivity index (χ3v) is 4.51. The Morgan fingerprint density at radius 2 is 1.94 bits per heavy atom. The van der Waals surface area contributed by atoms with Crippen molar-refractivity contribution < 1.29 is 10.2 Å². The Bertz CT molecular complexity index is 395. The summed E-state index contributed by atoms with van der Waals surface area (Å²) in [5.74, 6) is 1.08. The zero-order valence-corrected chi connectivity index (χ0v) is 10.6. The summed E-state index contributed by atoms with van der Waals surface area (Å²) in [5, 5.41) is 20.1. The van der Waals surface area contributed by atoms with Gasteiger partial charge in [0, 0.05) is 25.6 Å². The highest BCUT2D eigenvalue weighted by atomic mass is 16.3. The summed E-state index contributed by atoms with van der Waals surface area (Å²) in [4.78, 5) is 2.30. The maximum absolute atomic E-state index is 10.2. The minimum absolute atomic E-state index is 0.117. The second kappa shape index (κ2) is 5.00. The molecule has 1 saturated heterocycles. The second-order valence-electron chi connectivity index (χ2n) is 5.71. The quantitative estimate of drug-likeness (QED) is 0.849. The standard InChI is InChI=1S/C15H21NO2/c17-14-7-6-12-8-16(9-13(12)14)10-15(18)11-4-2-1-3-5-11/h1-5,12-15,17-18H,6-10H2. The number of fused-ring (bicyclic) bond motifs is 1. The van der Waals surface area contributed by atoms with Crippen molar-refractivity contribution in [2.24, 2.45) is 11.8 Å². The van der Waals surface area contributed by atoms with E-state index in [1.165, 1.54) is 0 Å². The maximum atomic E-state index is 10.2. The third kappa shape index (κ3) is 2.30. The molecule has 0 radical (unpaired) electrons. The normalized spacial score (nSPS) is 33.6. The van der Waals surface area contributed by atoms with Gasteiger partial charge in [-0.15, -0.1) is 0 Å². The summed E-state index contributed by atoms with van der Waals surface area (Å²) >= 11 is 0. The van der Waals surface area contributed by atoms with Crippen molar-refractivity contribution in [2.75, 3.05) is 19.6 Å². The maximum Gasteiger partial charge on any atom is 0.0916 e. The molecule has 3 nitrogen and oxygen atoms in total. The van der Waals surface area contributed by atoms with Gasteiger partial charge in [0.05, 0.1) is 12.2 Å². The molecule has 1 aliphatic heterocycles. The van der Waals surface area contributed by atoms with Crippen LogP contribution in [0.15, 0.2) is 30.3 Å². The number of hydrogen-bond acceptors (Lipinski definition) is 3. The monoisotopic (exact) mass is 247 g/mol. The van der Waals surface area contributed by atoms with Gasteiger partial charge in [0.25, 0.3) is 0 Å². The van der Waals surface area contributed by atoms with Crippen molar-refractivity contribution in [2.45, 2.75) is 25.0 Å². The molecule has 0 aromatic heterocycles. The van der Waals surface area contributed by atoms with E-state index in [1.54, 1.807) is 0 Å². The van der Waals surface area contributed by atoms with E-state index in [2.05, 4.69) is 4.90 Å². The Morgan fingerprint density at radius 3 is 2.67 bits per heavy atom. The molecule has 0 amide bonds. The van der Waals surface area contributed by atoms with Crippen LogP contribution in [0.2, 0.25) is 0 Å². The van der Waals surface area contributed by atoms with Gasteiger partial charge in [0.15, 0.2) is 0 Å². The third-order valence-electron chi connectivity index (χ3n) is 4.51. The molecule has 2 N–H and O–H groups in total. The molecule has 1 aromatic rings. The molecule has 98 valence electrons. The molecule has 3 heteroatoms. The Kier molecular flexibility index (Phi) is 3.37. The van der Waals surface area contributed by atoms with Crippen molar-refractivity contribution >= 4 is 0 Å². The molecule has 4 unspecified atom stereocenters. The van der Waals surface area contributed by atoms with Crippen molar-refractivity contribution in [3.05, 3.63) is 35.9 Å². The van der Waals surface area contributed by atoms with Crippen LogP contribution in [0.1, 0.15) is 24.5 Å². The van der Waals surface area contributed by atoms with E-state index in [1.807, 2.05) is 30.3 Å². The van der Waals surface area contributed by atoms with Crippen LogP contribution in [-0.2, 0) is 0 Å². The lowest BCUT2D eigenvalue weighted by Crippen LogP contribution is -2.29. The molecule has 1 aliphatic carbocycles. The molecule has 1 heterocycles. The first kappa shape index (κ1) is 12.2. The van der Waals surface area contributed by atoms with E-state index >= 15 is 0 Å². The molecular formula is C15H21NO2. The molecule has 4 atom stereocenters. The predicted molar refractivity (Wildman–Crippen MR) is 70.1 cm³/mol. The molecule has 1 saturated carbocycles. The van der Waals surface area contributed by atoms with Crippen LogP contribution >= 0.6 is 0 Å². The lowest BCUT2D eigenvalue weighted by Gasteiger charge is -2.21. The van der Waals surface area contributed by atoms with Crippen LogP contribution in [0.3, 0.4) is 0 Å². The second-order valence-corrected chi connectivity index (χ2v) is 5.71. The summed E-state index contributed by atoms with van der Waals surface area (Å²) in [6.07, 6.45) is 1.57. The topological polar surface area (TPSA) is 43.7 Å². The lowest BCUT2D eigenvalue weighted by molar-refractivity contribution is 0.101. The Labute approximate surface area is 108 Å². The lowest BCUT2D eigenvalue weighted by atomic mass is 10.00. The number of rotatable bonds is 3. The summed E-state index contributed by atoms with van der Waals surface area (Å²) in [6.45, 7) is 2.66. The van der Waals surface area contributed by atoms with Gasteiger partial charge in [0.1, 0.15) is 0 Å². The van der Waals surface area contributed by atoms with E-state index in [9.17, 15) is 10.2 Å². The smallest absolute Gasteiger partial charge is 0.0916 e. The fraction of sp³-hybridized carbons (Fsp3) is 0.600. The Balaban J connectivity index is 1.59. The number of aliphatic hydroxyl groups is 2. The molecule has 0 spiro atoms. The number of aliphatic hydroxyl groups excluding tert-OH is 2. The molecular weight excluding hydrogens is 226 g/mol. The van der Waals surface area contributed by atoms with Gasteiger partial charge in [-0.3, -0.25) is 4.90 Å². The Hall–Kier alpha value is -0.900. The summed E-state index contributed by atoms with van der Waals surface area (Å²) < 4.78 is 0. The minimum Gasteiger partial charge on any atom is -0.393 e. The van der Waals surface area contributed by atoms with E-state index in [-0.39, 0.29) is 6.10 Å². The van der Waals surface area contributed by atoms with Crippen LogP contribution in [0.4, 0.5) is 0 Å². The van der Waals surface area contributed by atoms with Gasteiger partial charge >= 0.3 is 0 Å². The first-order chi connectivity index (χ1) is 8.74. The Morgan fingerprint density at radius 1 is 1.17 bits per heavy atom. The van der Waals surface area contributed by atoms with Crippen LogP contribution in [0, 0.1) is 11.8 Å². The molecule has 2 fully saturated rings. The number of benzene rings is 1. The van der Waals surface area contributed by atoms with Crippen molar-refractivity contribution in [1.82, 2.24) is 4.90 Å². The summed E-state index contributed by atoms with van der Waals surface area (Å²) in [7, 11) is 0. The molecule has 3 rings (SSSR count). The van der Waals surface area contributed by atoms with Crippen molar-refractivity contribution in [1.29, 1.82) is 0 Å². The van der Waals surface area contributed by atoms with E-state index in [0.717, 1.165) is 31.5 Å². The largest absolute Gasteiger partial charge is 0.393 e. The van der Waals surface area contributed by atoms with Crippen LogP contribution in [0.5, 0.6) is 0 Å². The van der Waals surface area contributed by atoms with Crippen LogP contribution in [-0.4, -0.2) is 40.9 Å². The number of nitrogens with zero attached hydrogens (tertiary/aromatic N) is 1. The first-order valence-electron chi connectivity index (χ1n) is 6.87. The highest BCUT2D eigenvalue weighted by molar-refractivity contribution is 5.17. The minimum atomic E-state index is -0.415. The van der Waals surface area contributed by atoms with Gasteiger partial charge in [-0.25, -0.2) is 0 Å². The van der Waals surface area contributed by atoms with Crippen LogP contribution < -0.4 is 0 Å². The molecule has 2 aliphatic rings.